The van der Waals surface area contributed by atoms with E-state index in [9.17, 15) is 15.3 Å². The molecular formula is C30H50O3. The summed E-state index contributed by atoms with van der Waals surface area (Å²) < 4.78 is 0. The maximum atomic E-state index is 11.3. The van der Waals surface area contributed by atoms with Gasteiger partial charge in [0.1, 0.15) is 0 Å². The minimum atomic E-state index is -0.634. The van der Waals surface area contributed by atoms with Gasteiger partial charge in [0.05, 0.1) is 18.3 Å². The van der Waals surface area contributed by atoms with E-state index in [-0.39, 0.29) is 33.2 Å². The summed E-state index contributed by atoms with van der Waals surface area (Å²) in [6.07, 6.45) is 8.50. The Hall–Kier alpha value is -0.380. The minimum absolute atomic E-state index is 0.00525. The van der Waals surface area contributed by atoms with Gasteiger partial charge < -0.3 is 15.3 Å². The van der Waals surface area contributed by atoms with Crippen molar-refractivity contribution >= 4 is 0 Å². The Labute approximate surface area is 202 Å². The summed E-state index contributed by atoms with van der Waals surface area (Å²) in [4.78, 5) is 0. The Bertz CT molecular complexity index is 847. The van der Waals surface area contributed by atoms with Gasteiger partial charge in [0.2, 0.25) is 0 Å². The Balaban J connectivity index is 1.61. The van der Waals surface area contributed by atoms with Gasteiger partial charge in [-0.05, 0) is 96.2 Å². The van der Waals surface area contributed by atoms with Crippen molar-refractivity contribution in [3.63, 3.8) is 0 Å². The van der Waals surface area contributed by atoms with Crippen LogP contribution >= 0.6 is 0 Å². The molecule has 188 valence electrons. The summed E-state index contributed by atoms with van der Waals surface area (Å²) in [7, 11) is 0. The second-order valence-electron chi connectivity index (χ2n) is 14.9. The normalized spacial score (nSPS) is 60.0. The maximum absolute atomic E-state index is 11.3. The average molecular weight is 459 g/mol. The first-order chi connectivity index (χ1) is 15.1. The molecule has 0 aliphatic heterocycles. The van der Waals surface area contributed by atoms with Crippen LogP contribution in [0.1, 0.15) is 100 Å². The van der Waals surface area contributed by atoms with Crippen LogP contribution in [-0.4, -0.2) is 33.6 Å². The van der Waals surface area contributed by atoms with Crippen LogP contribution in [-0.2, 0) is 0 Å². The maximum Gasteiger partial charge on any atom is 0.0852 e. The number of allylic oxidation sites excluding steroid dienone is 2. The first-order valence-electron chi connectivity index (χ1n) is 13.9. The molecule has 0 amide bonds. The summed E-state index contributed by atoms with van der Waals surface area (Å²) in [5.41, 5.74) is 1.75. The Morgan fingerprint density at radius 2 is 1.52 bits per heavy atom. The fourth-order valence-corrected chi connectivity index (χ4v) is 11.0. The lowest BCUT2D eigenvalue weighted by Gasteiger charge is -2.72. The molecule has 0 spiro atoms. The van der Waals surface area contributed by atoms with Gasteiger partial charge in [0, 0.05) is 5.41 Å². The van der Waals surface area contributed by atoms with E-state index in [4.69, 9.17) is 0 Å². The number of rotatable bonds is 0. The largest absolute Gasteiger partial charge is 0.393 e. The third kappa shape index (κ3) is 2.80. The molecule has 3 nitrogen and oxygen atoms in total. The second kappa shape index (κ2) is 7.10. The number of aliphatic hydroxyl groups is 3. The van der Waals surface area contributed by atoms with E-state index >= 15 is 0 Å². The fraction of sp³-hybridized carbons (Fsp3) is 0.933. The molecule has 5 rings (SSSR count). The Morgan fingerprint density at radius 1 is 0.848 bits per heavy atom. The van der Waals surface area contributed by atoms with E-state index in [1.54, 1.807) is 5.57 Å². The van der Waals surface area contributed by atoms with Crippen molar-refractivity contribution in [3.8, 4) is 0 Å². The predicted octanol–water partition coefficient (Wildman–Crippen LogP) is 5.97. The summed E-state index contributed by atoms with van der Waals surface area (Å²) in [5, 5.41) is 33.1. The molecule has 33 heavy (non-hydrogen) atoms. The highest BCUT2D eigenvalue weighted by Gasteiger charge is 2.69. The van der Waals surface area contributed by atoms with Crippen LogP contribution in [0.4, 0.5) is 0 Å². The second-order valence-corrected chi connectivity index (χ2v) is 14.9. The number of hydrogen-bond donors (Lipinski definition) is 3. The van der Waals surface area contributed by atoms with Crippen LogP contribution in [0.25, 0.3) is 0 Å². The van der Waals surface area contributed by atoms with Gasteiger partial charge in [-0.25, -0.2) is 0 Å². The third-order valence-corrected chi connectivity index (χ3v) is 13.4. The topological polar surface area (TPSA) is 60.7 Å². The molecule has 5 aliphatic rings. The van der Waals surface area contributed by atoms with E-state index in [0.717, 1.165) is 38.5 Å². The van der Waals surface area contributed by atoms with Crippen LogP contribution in [0.2, 0.25) is 0 Å². The van der Waals surface area contributed by atoms with Crippen LogP contribution in [0.15, 0.2) is 11.6 Å². The molecule has 3 heteroatoms. The lowest BCUT2D eigenvalue weighted by Crippen LogP contribution is -2.67. The highest BCUT2D eigenvalue weighted by Crippen LogP contribution is 2.75. The third-order valence-electron chi connectivity index (χ3n) is 13.4. The molecule has 0 aromatic rings. The smallest absolute Gasteiger partial charge is 0.0852 e. The van der Waals surface area contributed by atoms with Crippen molar-refractivity contribution in [1.82, 2.24) is 0 Å². The quantitative estimate of drug-likeness (QED) is 0.392. The fourth-order valence-electron chi connectivity index (χ4n) is 11.0. The summed E-state index contributed by atoms with van der Waals surface area (Å²) in [6.45, 7) is 19.1. The van der Waals surface area contributed by atoms with Gasteiger partial charge in [-0.2, -0.15) is 0 Å². The van der Waals surface area contributed by atoms with Gasteiger partial charge >= 0.3 is 0 Å². The summed E-state index contributed by atoms with van der Waals surface area (Å²) in [5.74, 6) is 2.57. The van der Waals surface area contributed by atoms with Crippen molar-refractivity contribution < 1.29 is 15.3 Å². The molecule has 0 unspecified atom stereocenters. The van der Waals surface area contributed by atoms with Crippen molar-refractivity contribution in [2.24, 2.45) is 56.7 Å². The summed E-state index contributed by atoms with van der Waals surface area (Å²) >= 11 is 0. The molecule has 0 bridgehead atoms. The molecule has 3 N–H and O–H groups in total. The highest BCUT2D eigenvalue weighted by molar-refractivity contribution is 5.34. The first-order valence-corrected chi connectivity index (χ1v) is 13.9. The van der Waals surface area contributed by atoms with E-state index in [0.29, 0.717) is 29.6 Å². The number of fused-ring (bicyclic) bond motifs is 7. The first kappa shape index (κ1) is 24.3. The van der Waals surface area contributed by atoms with E-state index in [2.05, 4.69) is 61.5 Å². The molecule has 0 aromatic heterocycles. The van der Waals surface area contributed by atoms with Crippen LogP contribution < -0.4 is 0 Å². The Kier molecular flexibility index (Phi) is 5.23. The average Bonchev–Trinajstić information content (AvgIpc) is 2.72. The molecule has 5 aliphatic carbocycles. The molecule has 4 fully saturated rings. The van der Waals surface area contributed by atoms with Crippen molar-refractivity contribution in [2.75, 3.05) is 0 Å². The van der Waals surface area contributed by atoms with Gasteiger partial charge in [-0.3, -0.25) is 0 Å². The Morgan fingerprint density at radius 3 is 2.18 bits per heavy atom. The SMILES string of the molecule is C[C@H]1[C@H](C)C[C@H](O)[C@]2(C)CC[C@]3(C)C(=CC[C@@H]4[C@@]5(C)C[C@H](O)[C@H](O)C(C)(C)[C@@H]5CC[C@]43C)[C@H]12. The molecule has 0 aromatic carbocycles. The monoisotopic (exact) mass is 458 g/mol. The van der Waals surface area contributed by atoms with Crippen LogP contribution in [0.5, 0.6) is 0 Å². The number of hydrogen-bond acceptors (Lipinski definition) is 3. The molecule has 0 saturated heterocycles. The van der Waals surface area contributed by atoms with Crippen molar-refractivity contribution in [3.05, 3.63) is 11.6 Å². The molecule has 4 saturated carbocycles. The zero-order chi connectivity index (χ0) is 24.4. The van der Waals surface area contributed by atoms with E-state index in [1.165, 1.54) is 6.42 Å². The van der Waals surface area contributed by atoms with Gasteiger partial charge in [0.25, 0.3) is 0 Å². The molecule has 12 atom stereocenters. The van der Waals surface area contributed by atoms with Gasteiger partial charge in [-0.1, -0.05) is 67.0 Å². The van der Waals surface area contributed by atoms with E-state index in [1.807, 2.05) is 0 Å². The molecular weight excluding hydrogens is 408 g/mol. The highest BCUT2D eigenvalue weighted by atomic mass is 16.3. The lowest BCUT2D eigenvalue weighted by atomic mass is 9.33. The van der Waals surface area contributed by atoms with Gasteiger partial charge in [0.15, 0.2) is 0 Å². The van der Waals surface area contributed by atoms with Crippen molar-refractivity contribution in [2.45, 2.75) is 119 Å². The zero-order valence-corrected chi connectivity index (χ0v) is 22.5. The lowest BCUT2D eigenvalue weighted by molar-refractivity contribution is -0.233. The number of aliphatic hydroxyl groups excluding tert-OH is 3. The van der Waals surface area contributed by atoms with Crippen molar-refractivity contribution in [1.29, 1.82) is 0 Å². The summed E-state index contributed by atoms with van der Waals surface area (Å²) in [6, 6.07) is 0. The predicted molar refractivity (Wildman–Crippen MR) is 133 cm³/mol. The minimum Gasteiger partial charge on any atom is -0.393 e. The van der Waals surface area contributed by atoms with Crippen LogP contribution in [0, 0.1) is 56.7 Å². The molecule has 0 radical (unpaired) electrons. The van der Waals surface area contributed by atoms with Crippen LogP contribution in [0.3, 0.4) is 0 Å². The molecule has 0 heterocycles. The van der Waals surface area contributed by atoms with E-state index < -0.39 is 12.2 Å². The van der Waals surface area contributed by atoms with Gasteiger partial charge in [-0.15, -0.1) is 0 Å². The zero-order valence-electron chi connectivity index (χ0n) is 22.5. The standard InChI is InChI=1S/C30H50O3/c1-17-15-23(32)27(5)13-14-29(7)19(24(27)18(17)2)9-10-22-28(6)16-20(31)25(33)26(3,4)21(28)11-12-30(22,29)8/h9,17-18,20-25,31-33H,10-16H2,1-8H3/t17-,18+,20+,21+,22-,23+,24+,25+,27+,28+,29-,30-/m1/s1.